The first kappa shape index (κ1) is 17.6. The molecule has 1 N–H and O–H groups in total. The molecular weight excluding hydrogens is 343 g/mol. The standard InChI is InChI=1S/C19H22Cl2N2O/c1-23(2)10-11-24-14-6-7-15-13(12-14)8-9-22-19(15)18-16(20)4-3-5-17(18)21/h3-7,12,19,22H,8-11H2,1-2H3. The Bertz CT molecular complexity index is 698. The topological polar surface area (TPSA) is 24.5 Å². The molecule has 0 radical (unpaired) electrons. The monoisotopic (exact) mass is 364 g/mol. The van der Waals surface area contributed by atoms with E-state index >= 15 is 0 Å². The van der Waals surface area contributed by atoms with Crippen LogP contribution in [0, 0.1) is 0 Å². The van der Waals surface area contributed by atoms with E-state index in [1.165, 1.54) is 11.1 Å². The van der Waals surface area contributed by atoms with Gasteiger partial charge in [0.05, 0.1) is 6.04 Å². The van der Waals surface area contributed by atoms with Crippen LogP contribution in [0.25, 0.3) is 0 Å². The summed E-state index contributed by atoms with van der Waals surface area (Å²) in [5.74, 6) is 0.918. The van der Waals surface area contributed by atoms with Gasteiger partial charge in [-0.25, -0.2) is 0 Å². The van der Waals surface area contributed by atoms with Gasteiger partial charge < -0.3 is 15.0 Å². The zero-order valence-corrected chi connectivity index (χ0v) is 15.5. The number of hydrogen-bond donors (Lipinski definition) is 1. The van der Waals surface area contributed by atoms with Gasteiger partial charge in [-0.15, -0.1) is 0 Å². The smallest absolute Gasteiger partial charge is 0.119 e. The Morgan fingerprint density at radius 1 is 1.17 bits per heavy atom. The molecule has 3 nitrogen and oxygen atoms in total. The van der Waals surface area contributed by atoms with Crippen LogP contribution in [0.4, 0.5) is 0 Å². The van der Waals surface area contributed by atoms with Crippen molar-refractivity contribution >= 4 is 23.2 Å². The van der Waals surface area contributed by atoms with Crippen molar-refractivity contribution in [3.05, 3.63) is 63.1 Å². The molecule has 0 aliphatic carbocycles. The van der Waals surface area contributed by atoms with Crippen LogP contribution in [0.1, 0.15) is 22.7 Å². The fraction of sp³-hybridized carbons (Fsp3) is 0.368. The number of likely N-dealkylation sites (N-methyl/N-ethyl adjacent to an activating group) is 1. The number of fused-ring (bicyclic) bond motifs is 1. The lowest BCUT2D eigenvalue weighted by atomic mass is 9.89. The van der Waals surface area contributed by atoms with Crippen LogP contribution >= 0.6 is 23.2 Å². The van der Waals surface area contributed by atoms with Crippen molar-refractivity contribution in [3.63, 3.8) is 0 Å². The lowest BCUT2D eigenvalue weighted by Crippen LogP contribution is -2.31. The Morgan fingerprint density at radius 3 is 2.62 bits per heavy atom. The van der Waals surface area contributed by atoms with Crippen molar-refractivity contribution in [3.8, 4) is 5.75 Å². The number of halogens is 2. The second-order valence-electron chi connectivity index (χ2n) is 6.28. The summed E-state index contributed by atoms with van der Waals surface area (Å²) in [6.07, 6.45) is 0.971. The van der Waals surface area contributed by atoms with Crippen LogP contribution in [-0.2, 0) is 6.42 Å². The van der Waals surface area contributed by atoms with Crippen LogP contribution in [0.5, 0.6) is 5.75 Å². The Kier molecular flexibility index (Phi) is 5.67. The van der Waals surface area contributed by atoms with Crippen LogP contribution in [0.15, 0.2) is 36.4 Å². The third kappa shape index (κ3) is 3.86. The van der Waals surface area contributed by atoms with Crippen LogP contribution in [0.2, 0.25) is 10.0 Å². The van der Waals surface area contributed by atoms with Crippen molar-refractivity contribution in [2.75, 3.05) is 33.8 Å². The number of hydrogen-bond acceptors (Lipinski definition) is 3. The van der Waals surface area contributed by atoms with Gasteiger partial charge in [-0.05, 0) is 55.9 Å². The number of ether oxygens (including phenoxy) is 1. The van der Waals surface area contributed by atoms with E-state index in [1.807, 2.05) is 38.4 Å². The summed E-state index contributed by atoms with van der Waals surface area (Å²) in [6.45, 7) is 2.47. The highest BCUT2D eigenvalue weighted by molar-refractivity contribution is 6.36. The molecule has 0 aromatic heterocycles. The SMILES string of the molecule is CN(C)CCOc1ccc2c(c1)CCNC2c1c(Cl)cccc1Cl. The highest BCUT2D eigenvalue weighted by Gasteiger charge is 2.25. The molecule has 24 heavy (non-hydrogen) atoms. The molecule has 1 unspecified atom stereocenters. The average molecular weight is 365 g/mol. The third-order valence-corrected chi connectivity index (χ3v) is 4.92. The fourth-order valence-electron chi connectivity index (χ4n) is 3.02. The van der Waals surface area contributed by atoms with E-state index in [0.717, 1.165) is 30.8 Å². The van der Waals surface area contributed by atoms with E-state index in [4.69, 9.17) is 27.9 Å². The molecule has 2 aromatic carbocycles. The molecule has 0 saturated carbocycles. The van der Waals surface area contributed by atoms with Gasteiger partial charge in [-0.3, -0.25) is 0 Å². The van der Waals surface area contributed by atoms with E-state index in [2.05, 4.69) is 22.3 Å². The number of rotatable bonds is 5. The number of nitrogens with one attached hydrogen (secondary N) is 1. The van der Waals surface area contributed by atoms with Gasteiger partial charge in [0.15, 0.2) is 0 Å². The second-order valence-corrected chi connectivity index (χ2v) is 7.10. The number of benzene rings is 2. The molecule has 1 aliphatic rings. The predicted octanol–water partition coefficient (Wildman–Crippen LogP) is 4.17. The number of nitrogens with zero attached hydrogens (tertiary/aromatic N) is 1. The van der Waals surface area contributed by atoms with Gasteiger partial charge >= 0.3 is 0 Å². The summed E-state index contributed by atoms with van der Waals surface area (Å²) in [6, 6.07) is 12.0. The minimum Gasteiger partial charge on any atom is -0.492 e. The Morgan fingerprint density at radius 2 is 1.92 bits per heavy atom. The van der Waals surface area contributed by atoms with Gasteiger partial charge in [0.1, 0.15) is 12.4 Å². The average Bonchev–Trinajstić information content (AvgIpc) is 2.54. The van der Waals surface area contributed by atoms with E-state index in [9.17, 15) is 0 Å². The van der Waals surface area contributed by atoms with E-state index in [-0.39, 0.29) is 6.04 Å². The maximum atomic E-state index is 6.40. The summed E-state index contributed by atoms with van der Waals surface area (Å²) in [7, 11) is 4.08. The molecule has 0 amide bonds. The van der Waals surface area contributed by atoms with Gasteiger partial charge in [0.25, 0.3) is 0 Å². The predicted molar refractivity (Wildman–Crippen MR) is 101 cm³/mol. The molecule has 3 rings (SSSR count). The summed E-state index contributed by atoms with van der Waals surface area (Å²) in [4.78, 5) is 2.11. The minimum atomic E-state index is 0.0192. The Labute approximate surface area is 153 Å². The molecule has 5 heteroatoms. The largest absolute Gasteiger partial charge is 0.492 e. The normalized spacial score (nSPS) is 17.0. The maximum absolute atomic E-state index is 6.40. The minimum absolute atomic E-state index is 0.0192. The zero-order chi connectivity index (χ0) is 17.1. The van der Waals surface area contributed by atoms with Gasteiger partial charge in [0.2, 0.25) is 0 Å². The van der Waals surface area contributed by atoms with Crippen molar-refractivity contribution in [2.24, 2.45) is 0 Å². The van der Waals surface area contributed by atoms with Crippen molar-refractivity contribution in [1.82, 2.24) is 10.2 Å². The molecular formula is C19H22Cl2N2O. The highest BCUT2D eigenvalue weighted by atomic mass is 35.5. The van der Waals surface area contributed by atoms with Crippen LogP contribution in [-0.4, -0.2) is 38.7 Å². The summed E-state index contributed by atoms with van der Waals surface area (Å²) < 4.78 is 5.86. The molecule has 128 valence electrons. The summed E-state index contributed by atoms with van der Waals surface area (Å²) in [5.41, 5.74) is 3.45. The molecule has 1 heterocycles. The molecule has 2 aromatic rings. The quantitative estimate of drug-likeness (QED) is 0.861. The molecule has 1 aliphatic heterocycles. The summed E-state index contributed by atoms with van der Waals surface area (Å²) >= 11 is 12.8. The van der Waals surface area contributed by atoms with Gasteiger partial charge in [0, 0.05) is 28.7 Å². The zero-order valence-electron chi connectivity index (χ0n) is 14.0. The molecule has 0 saturated heterocycles. The van der Waals surface area contributed by atoms with Gasteiger partial charge in [-0.2, -0.15) is 0 Å². The molecule has 0 spiro atoms. The molecule has 1 atom stereocenters. The van der Waals surface area contributed by atoms with Gasteiger partial charge in [-0.1, -0.05) is 35.3 Å². The lowest BCUT2D eigenvalue weighted by Gasteiger charge is -2.29. The van der Waals surface area contributed by atoms with Crippen LogP contribution in [0.3, 0.4) is 0 Å². The first-order chi connectivity index (χ1) is 11.6. The van der Waals surface area contributed by atoms with Crippen molar-refractivity contribution < 1.29 is 4.74 Å². The third-order valence-electron chi connectivity index (χ3n) is 4.26. The first-order valence-corrected chi connectivity index (χ1v) is 8.89. The van der Waals surface area contributed by atoms with E-state index in [0.29, 0.717) is 16.7 Å². The highest BCUT2D eigenvalue weighted by Crippen LogP contribution is 2.38. The van der Waals surface area contributed by atoms with Crippen molar-refractivity contribution in [1.29, 1.82) is 0 Å². The Hall–Kier alpha value is -1.26. The van der Waals surface area contributed by atoms with E-state index < -0.39 is 0 Å². The molecule has 0 bridgehead atoms. The Balaban J connectivity index is 1.86. The first-order valence-electron chi connectivity index (χ1n) is 8.14. The van der Waals surface area contributed by atoms with Crippen molar-refractivity contribution in [2.45, 2.75) is 12.5 Å². The summed E-state index contributed by atoms with van der Waals surface area (Å²) in [5, 5.41) is 4.92. The van der Waals surface area contributed by atoms with Crippen LogP contribution < -0.4 is 10.1 Å². The van der Waals surface area contributed by atoms with E-state index in [1.54, 1.807) is 0 Å². The molecule has 0 fully saturated rings. The maximum Gasteiger partial charge on any atom is 0.119 e. The lowest BCUT2D eigenvalue weighted by molar-refractivity contribution is 0.261. The fourth-order valence-corrected chi connectivity index (χ4v) is 3.64. The second kappa shape index (κ2) is 7.75.